The minimum Gasteiger partial charge on any atom is -0.187 e. The topological polar surface area (TPSA) is 54.5 Å². The number of halogens is 5. The molecule has 0 radical (unpaired) electrons. The predicted molar refractivity (Wildman–Crippen MR) is 24.1 cm³/mol. The number of H-pyrrole nitrogens is 1. The summed E-state index contributed by atoms with van der Waals surface area (Å²) in [6.45, 7) is 0. The smallest absolute Gasteiger partial charge is 0.187 e. The van der Waals surface area contributed by atoms with Crippen molar-refractivity contribution in [3.8, 4) is 0 Å². The molecule has 0 saturated heterocycles. The molecular weight excluding hydrogens is 187 g/mol. The first-order valence-corrected chi connectivity index (χ1v) is 2.54. The van der Waals surface area contributed by atoms with E-state index in [4.69, 9.17) is 0 Å². The van der Waals surface area contributed by atoms with Gasteiger partial charge in [-0.1, -0.05) is 0 Å². The van der Waals surface area contributed by atoms with E-state index in [1.807, 2.05) is 0 Å². The normalized spacial score (nSPS) is 13.4. The van der Waals surface area contributed by atoms with Gasteiger partial charge in [0.2, 0.25) is 0 Å². The lowest BCUT2D eigenvalue weighted by atomic mass is 10.3. The van der Waals surface area contributed by atoms with Crippen LogP contribution in [0.1, 0.15) is 5.82 Å². The second-order valence-electron chi connectivity index (χ2n) is 1.81. The largest absolute Gasteiger partial charge is 0.461 e. The molecule has 0 saturated carbocycles. The van der Waals surface area contributed by atoms with Gasteiger partial charge in [0.05, 0.1) is 0 Å². The van der Waals surface area contributed by atoms with Crippen molar-refractivity contribution in [2.75, 3.05) is 0 Å². The third-order valence-corrected chi connectivity index (χ3v) is 0.982. The first-order chi connectivity index (χ1) is 5.36. The minimum absolute atomic E-state index is 1.52. The van der Waals surface area contributed by atoms with Gasteiger partial charge in [-0.3, -0.25) is 0 Å². The van der Waals surface area contributed by atoms with Crippen LogP contribution in [-0.2, 0) is 5.92 Å². The minimum atomic E-state index is -5.70. The molecule has 0 atom stereocenters. The van der Waals surface area contributed by atoms with Crippen LogP contribution in [0.2, 0.25) is 0 Å². The van der Waals surface area contributed by atoms with Crippen molar-refractivity contribution < 1.29 is 22.0 Å². The van der Waals surface area contributed by atoms with E-state index in [1.54, 1.807) is 0 Å². The average Bonchev–Trinajstić information content (AvgIpc) is 2.34. The van der Waals surface area contributed by atoms with Gasteiger partial charge < -0.3 is 0 Å². The second-order valence-corrected chi connectivity index (χ2v) is 1.81. The summed E-state index contributed by atoms with van der Waals surface area (Å²) < 4.78 is 58.9. The zero-order chi connectivity index (χ0) is 9.41. The number of nitrogens with zero attached hydrogens (tertiary/aromatic N) is 3. The van der Waals surface area contributed by atoms with Crippen molar-refractivity contribution in [2.24, 2.45) is 0 Å². The molecule has 0 fully saturated rings. The first-order valence-electron chi connectivity index (χ1n) is 2.54. The van der Waals surface area contributed by atoms with Gasteiger partial charge in [-0.05, 0) is 5.21 Å². The Bertz CT molecular complexity index is 250. The summed E-state index contributed by atoms with van der Waals surface area (Å²) in [4.78, 5) is 0. The highest BCUT2D eigenvalue weighted by Crippen LogP contribution is 2.41. The number of aromatic nitrogens is 4. The van der Waals surface area contributed by atoms with E-state index >= 15 is 0 Å². The molecule has 1 N–H and O–H groups in total. The van der Waals surface area contributed by atoms with Crippen molar-refractivity contribution in [1.82, 2.24) is 20.6 Å². The number of hydrogen-bond acceptors (Lipinski definition) is 3. The van der Waals surface area contributed by atoms with E-state index < -0.39 is 17.9 Å². The molecule has 0 aliphatic rings. The van der Waals surface area contributed by atoms with E-state index in [0.717, 1.165) is 0 Å². The fourth-order valence-electron chi connectivity index (χ4n) is 0.422. The molecule has 68 valence electrons. The zero-order valence-corrected chi connectivity index (χ0v) is 5.23. The molecule has 12 heavy (non-hydrogen) atoms. The number of tetrazole rings is 1. The van der Waals surface area contributed by atoms with Crippen molar-refractivity contribution in [3.05, 3.63) is 5.82 Å². The molecular formula is C3HF5N4. The van der Waals surface area contributed by atoms with E-state index in [1.165, 1.54) is 5.21 Å². The van der Waals surface area contributed by atoms with E-state index in [-0.39, 0.29) is 0 Å². The molecule has 0 aliphatic heterocycles. The Balaban J connectivity index is 3.02. The maximum Gasteiger partial charge on any atom is 0.461 e. The van der Waals surface area contributed by atoms with Crippen LogP contribution >= 0.6 is 0 Å². The molecule has 9 heteroatoms. The van der Waals surface area contributed by atoms with E-state index in [0.29, 0.717) is 0 Å². The van der Waals surface area contributed by atoms with Gasteiger partial charge in [0.25, 0.3) is 5.82 Å². The quantitative estimate of drug-likeness (QED) is 0.664. The molecule has 4 nitrogen and oxygen atoms in total. The predicted octanol–water partition coefficient (Wildman–Crippen LogP) is 0.854. The molecule has 0 aliphatic carbocycles. The van der Waals surface area contributed by atoms with Crippen LogP contribution in [0, 0.1) is 0 Å². The second kappa shape index (κ2) is 2.35. The number of hydrogen-bond donors (Lipinski definition) is 1. The SMILES string of the molecule is FC(F)(F)C(F)(F)c1nn[nH]n1. The van der Waals surface area contributed by atoms with Gasteiger partial charge in [-0.25, -0.2) is 0 Å². The van der Waals surface area contributed by atoms with Gasteiger partial charge in [-0.15, -0.1) is 10.2 Å². The summed E-state index contributed by atoms with van der Waals surface area (Å²) in [5.41, 5.74) is 0. The highest BCUT2D eigenvalue weighted by Gasteiger charge is 2.61. The standard InChI is InChI=1S/C3HF5N4/c4-2(5,3(6,7)8)1-9-11-12-10-1/h(H,9,10,11,12). The fourth-order valence-corrected chi connectivity index (χ4v) is 0.422. The van der Waals surface area contributed by atoms with Gasteiger partial charge in [-0.2, -0.15) is 27.2 Å². The molecule has 0 spiro atoms. The molecule has 0 unspecified atom stereocenters. The van der Waals surface area contributed by atoms with Crippen LogP contribution in [0.5, 0.6) is 0 Å². The van der Waals surface area contributed by atoms with Gasteiger partial charge in [0.15, 0.2) is 0 Å². The summed E-state index contributed by atoms with van der Waals surface area (Å²) in [6, 6.07) is 0. The van der Waals surface area contributed by atoms with Crippen molar-refractivity contribution in [2.45, 2.75) is 12.1 Å². The zero-order valence-electron chi connectivity index (χ0n) is 5.23. The lowest BCUT2D eigenvalue weighted by molar-refractivity contribution is -0.292. The van der Waals surface area contributed by atoms with Crippen molar-refractivity contribution in [1.29, 1.82) is 0 Å². The lowest BCUT2D eigenvalue weighted by Gasteiger charge is -2.14. The van der Waals surface area contributed by atoms with Crippen LogP contribution in [0.4, 0.5) is 22.0 Å². The monoisotopic (exact) mass is 188 g/mol. The van der Waals surface area contributed by atoms with E-state index in [9.17, 15) is 22.0 Å². The highest BCUT2D eigenvalue weighted by atomic mass is 19.4. The maximum atomic E-state index is 12.2. The molecule has 1 rings (SSSR count). The Hall–Kier alpha value is -1.28. The molecule has 1 aromatic heterocycles. The number of alkyl halides is 5. The Morgan fingerprint density at radius 2 is 1.67 bits per heavy atom. The van der Waals surface area contributed by atoms with Gasteiger partial charge >= 0.3 is 12.1 Å². The van der Waals surface area contributed by atoms with Crippen molar-refractivity contribution in [3.63, 3.8) is 0 Å². The summed E-state index contributed by atoms with van der Waals surface area (Å²) in [5, 5.41) is 9.16. The highest BCUT2D eigenvalue weighted by molar-refractivity contribution is 4.95. The molecule has 0 bridgehead atoms. The summed E-state index contributed by atoms with van der Waals surface area (Å²) in [6.07, 6.45) is -5.70. The fraction of sp³-hybridized carbons (Fsp3) is 0.667. The van der Waals surface area contributed by atoms with Crippen LogP contribution in [0.15, 0.2) is 0 Å². The summed E-state index contributed by atoms with van der Waals surface area (Å²) >= 11 is 0. The maximum absolute atomic E-state index is 12.2. The molecule has 1 heterocycles. The molecule has 0 amide bonds. The number of rotatable bonds is 1. The number of nitrogens with one attached hydrogen (secondary N) is 1. The third kappa shape index (κ3) is 1.21. The summed E-state index contributed by atoms with van der Waals surface area (Å²) in [5.74, 6) is -6.74. The van der Waals surface area contributed by atoms with Gasteiger partial charge in [0.1, 0.15) is 0 Å². The van der Waals surface area contributed by atoms with Crippen LogP contribution in [0.25, 0.3) is 0 Å². The average molecular weight is 188 g/mol. The van der Waals surface area contributed by atoms with Crippen LogP contribution < -0.4 is 0 Å². The Morgan fingerprint density at radius 3 is 2.00 bits per heavy atom. The molecule has 1 aromatic rings. The van der Waals surface area contributed by atoms with Gasteiger partial charge in [0, 0.05) is 0 Å². The molecule has 0 aromatic carbocycles. The van der Waals surface area contributed by atoms with Crippen molar-refractivity contribution >= 4 is 0 Å². The third-order valence-electron chi connectivity index (χ3n) is 0.982. The number of aromatic amines is 1. The Morgan fingerprint density at radius 1 is 1.08 bits per heavy atom. The first kappa shape index (κ1) is 8.81. The lowest BCUT2D eigenvalue weighted by Crippen LogP contribution is -2.34. The Labute approximate surface area is 61.8 Å². The van der Waals surface area contributed by atoms with E-state index in [2.05, 4.69) is 15.4 Å². The Kier molecular flexibility index (Phi) is 1.73. The summed E-state index contributed by atoms with van der Waals surface area (Å²) in [7, 11) is 0. The van der Waals surface area contributed by atoms with Crippen LogP contribution in [0.3, 0.4) is 0 Å². The van der Waals surface area contributed by atoms with Crippen LogP contribution in [-0.4, -0.2) is 26.8 Å².